The van der Waals surface area contributed by atoms with Crippen LogP contribution in [0.5, 0.6) is 0 Å². The molecule has 0 fully saturated rings. The average Bonchev–Trinajstić information content (AvgIpc) is 2.99. The van der Waals surface area contributed by atoms with Crippen molar-refractivity contribution in [1.82, 2.24) is 0 Å². The molecule has 0 heterocycles. The lowest BCUT2D eigenvalue weighted by atomic mass is 9.95. The molecule has 0 spiro atoms. The smallest absolute Gasteiger partial charge is 0.120 e. The summed E-state index contributed by atoms with van der Waals surface area (Å²) in [6.45, 7) is 14.8. The van der Waals surface area contributed by atoms with Gasteiger partial charge in [-0.2, -0.15) is 0 Å². The quantitative estimate of drug-likeness (QED) is 0.0637. The second-order valence-electron chi connectivity index (χ2n) is 13.4. The molecule has 5 heteroatoms. The van der Waals surface area contributed by atoms with E-state index in [1.807, 2.05) is 13.8 Å². The van der Waals surface area contributed by atoms with Gasteiger partial charge in [-0.1, -0.05) is 144 Å². The van der Waals surface area contributed by atoms with Crippen LogP contribution in [-0.2, 0) is 23.9 Å². The summed E-state index contributed by atoms with van der Waals surface area (Å²) in [5.41, 5.74) is -0.0130. The number of hydrogen-bond donors (Lipinski definition) is 0. The number of ether oxygens (including phenoxy) is 1. The van der Waals surface area contributed by atoms with Crippen molar-refractivity contribution in [2.45, 2.75) is 208 Å². The van der Waals surface area contributed by atoms with Gasteiger partial charge < -0.3 is 23.9 Å². The molecular formula is C39H78O5. The minimum Gasteiger partial charge on any atom is -0.379 e. The highest BCUT2D eigenvalue weighted by atomic mass is 16.5. The third-order valence-electron chi connectivity index (χ3n) is 7.70. The lowest BCUT2D eigenvalue weighted by Crippen LogP contribution is -2.22. The lowest BCUT2D eigenvalue weighted by molar-refractivity contribution is -0.109. The van der Waals surface area contributed by atoms with Gasteiger partial charge in [-0.05, 0) is 44.9 Å². The van der Waals surface area contributed by atoms with Crippen LogP contribution in [0.1, 0.15) is 203 Å². The highest BCUT2D eigenvalue weighted by Crippen LogP contribution is 2.19. The predicted molar refractivity (Wildman–Crippen MR) is 192 cm³/mol. The predicted octanol–water partition coefficient (Wildman–Crippen LogP) is 11.9. The van der Waals surface area contributed by atoms with Crippen molar-refractivity contribution < 1.29 is 23.9 Å². The van der Waals surface area contributed by atoms with Crippen molar-refractivity contribution >= 4 is 25.1 Å². The van der Waals surface area contributed by atoms with Crippen molar-refractivity contribution in [3.05, 3.63) is 0 Å². The molecule has 0 aromatic carbocycles. The number of methoxy groups -OCH3 is 1. The van der Waals surface area contributed by atoms with Gasteiger partial charge >= 0.3 is 0 Å². The van der Waals surface area contributed by atoms with Gasteiger partial charge in [-0.3, -0.25) is 0 Å². The molecule has 0 amide bonds. The molecule has 0 aliphatic rings. The fourth-order valence-electron chi connectivity index (χ4n) is 4.35. The molecule has 44 heavy (non-hydrogen) atoms. The monoisotopic (exact) mass is 627 g/mol. The van der Waals surface area contributed by atoms with Crippen LogP contribution < -0.4 is 0 Å². The first kappa shape index (κ1) is 49.5. The molecule has 0 aromatic heterocycles. The van der Waals surface area contributed by atoms with Crippen LogP contribution in [0.3, 0.4) is 0 Å². The number of carbonyl (C=O) groups excluding carboxylic acids is 4. The molecule has 0 saturated carbocycles. The highest BCUT2D eigenvalue weighted by Gasteiger charge is 2.15. The first-order valence-corrected chi connectivity index (χ1v) is 18.4. The summed E-state index contributed by atoms with van der Waals surface area (Å²) in [6.07, 6.45) is 32.7. The van der Waals surface area contributed by atoms with E-state index in [1.54, 1.807) is 7.11 Å². The van der Waals surface area contributed by atoms with Crippen LogP contribution in [-0.4, -0.2) is 37.9 Å². The molecule has 1 atom stereocenters. The Morgan fingerprint density at radius 3 is 1.16 bits per heavy atom. The minimum atomic E-state index is -0.0130. The topological polar surface area (TPSA) is 77.5 Å². The Morgan fingerprint density at radius 1 is 0.523 bits per heavy atom. The van der Waals surface area contributed by atoms with E-state index in [-0.39, 0.29) is 5.60 Å². The summed E-state index contributed by atoms with van der Waals surface area (Å²) in [6, 6.07) is 0. The summed E-state index contributed by atoms with van der Waals surface area (Å²) < 4.78 is 5.31. The van der Waals surface area contributed by atoms with Crippen molar-refractivity contribution in [1.29, 1.82) is 0 Å². The van der Waals surface area contributed by atoms with E-state index in [2.05, 4.69) is 34.6 Å². The van der Waals surface area contributed by atoms with Gasteiger partial charge in [0.1, 0.15) is 25.1 Å². The summed E-state index contributed by atoms with van der Waals surface area (Å²) in [5, 5.41) is 0. The Labute approximate surface area is 275 Å². The van der Waals surface area contributed by atoms with Crippen LogP contribution >= 0.6 is 0 Å². The van der Waals surface area contributed by atoms with Crippen molar-refractivity contribution in [2.24, 2.45) is 11.8 Å². The zero-order valence-electron chi connectivity index (χ0n) is 31.0. The molecule has 0 radical (unpaired) electrons. The second kappa shape index (κ2) is 43.8. The largest absolute Gasteiger partial charge is 0.379 e. The molecule has 0 N–H and O–H groups in total. The SMILES string of the molecule is CC(C)CC=O.CCCCCCCCCCC=O.CCCCCCCCCCCC=O.COC(C)(C)CCCC(C)CC=O. The summed E-state index contributed by atoms with van der Waals surface area (Å²) in [4.78, 5) is 39.8. The third kappa shape index (κ3) is 56.4. The van der Waals surface area contributed by atoms with E-state index in [9.17, 15) is 19.2 Å². The summed E-state index contributed by atoms with van der Waals surface area (Å²) >= 11 is 0. The molecule has 0 aliphatic heterocycles. The van der Waals surface area contributed by atoms with Crippen LogP contribution in [0.25, 0.3) is 0 Å². The van der Waals surface area contributed by atoms with Crippen molar-refractivity contribution in [3.8, 4) is 0 Å². The van der Waals surface area contributed by atoms with Crippen LogP contribution in [0.4, 0.5) is 0 Å². The van der Waals surface area contributed by atoms with E-state index in [0.29, 0.717) is 24.7 Å². The number of carbonyl (C=O) groups is 4. The maximum absolute atomic E-state index is 10.2. The zero-order chi connectivity index (χ0) is 34.2. The Hall–Kier alpha value is -1.36. The molecule has 264 valence electrons. The molecule has 0 aromatic rings. The van der Waals surface area contributed by atoms with Crippen molar-refractivity contribution in [2.75, 3.05) is 7.11 Å². The fourth-order valence-corrected chi connectivity index (χ4v) is 4.35. The van der Waals surface area contributed by atoms with Gasteiger partial charge in [0.15, 0.2) is 0 Å². The third-order valence-corrected chi connectivity index (χ3v) is 7.70. The number of unbranched alkanes of at least 4 members (excludes halogenated alkanes) is 17. The second-order valence-corrected chi connectivity index (χ2v) is 13.4. The van der Waals surface area contributed by atoms with Crippen LogP contribution in [0.15, 0.2) is 0 Å². The minimum absolute atomic E-state index is 0.0130. The van der Waals surface area contributed by atoms with Gasteiger partial charge in [0.25, 0.3) is 0 Å². The standard InChI is InChI=1S/C12H24O.C11H22O2.C11H22O.C5H10O/c1-2-3-4-5-6-7-8-9-10-11-12-13;1-10(7-9-12)6-5-8-11(2,3)13-4;1-2-3-4-5-6-7-8-9-10-11-12;1-5(2)3-4-6/h12H,2-11H2,1H3;9-10H,5-8H2,1-4H3;11H,2-10H2,1H3;4-5H,3H2,1-2H3. The summed E-state index contributed by atoms with van der Waals surface area (Å²) in [5.74, 6) is 1.05. The van der Waals surface area contributed by atoms with Crippen molar-refractivity contribution in [3.63, 3.8) is 0 Å². The number of aldehydes is 4. The molecule has 1 unspecified atom stereocenters. The Balaban J connectivity index is -0.000000250. The average molecular weight is 627 g/mol. The number of hydrogen-bond acceptors (Lipinski definition) is 5. The number of rotatable bonds is 28. The van der Waals surface area contributed by atoms with Gasteiger partial charge in [-0.25, -0.2) is 0 Å². The van der Waals surface area contributed by atoms with Gasteiger partial charge in [0, 0.05) is 32.8 Å². The molecule has 0 rings (SSSR count). The first-order chi connectivity index (χ1) is 21.1. The van der Waals surface area contributed by atoms with Gasteiger partial charge in [0.05, 0.1) is 5.60 Å². The van der Waals surface area contributed by atoms with E-state index >= 15 is 0 Å². The van der Waals surface area contributed by atoms with E-state index in [4.69, 9.17) is 4.74 Å². The normalized spacial score (nSPS) is 11.2. The Morgan fingerprint density at radius 2 is 0.886 bits per heavy atom. The zero-order valence-corrected chi connectivity index (χ0v) is 31.0. The molecule has 5 nitrogen and oxygen atoms in total. The molecule has 0 bridgehead atoms. The fraction of sp³-hybridized carbons (Fsp3) is 0.897. The Bertz CT molecular complexity index is 559. The molecule has 0 saturated heterocycles. The van der Waals surface area contributed by atoms with Gasteiger partial charge in [-0.15, -0.1) is 0 Å². The van der Waals surface area contributed by atoms with E-state index in [1.165, 1.54) is 96.3 Å². The first-order valence-electron chi connectivity index (χ1n) is 18.4. The van der Waals surface area contributed by atoms with Crippen LogP contribution in [0.2, 0.25) is 0 Å². The van der Waals surface area contributed by atoms with Gasteiger partial charge in [0.2, 0.25) is 0 Å². The highest BCUT2D eigenvalue weighted by molar-refractivity contribution is 5.50. The van der Waals surface area contributed by atoms with Crippen LogP contribution in [0, 0.1) is 11.8 Å². The molecule has 0 aliphatic carbocycles. The van der Waals surface area contributed by atoms with E-state index in [0.717, 1.165) is 70.1 Å². The Kier molecular flexibility index (Phi) is 49.3. The van der Waals surface area contributed by atoms with E-state index < -0.39 is 0 Å². The maximum atomic E-state index is 10.2. The molecular weight excluding hydrogens is 548 g/mol. The lowest BCUT2D eigenvalue weighted by Gasteiger charge is -2.23. The maximum Gasteiger partial charge on any atom is 0.120 e. The summed E-state index contributed by atoms with van der Waals surface area (Å²) in [7, 11) is 1.74.